The minimum Gasteiger partial charge on any atom is -0.480 e. The van der Waals surface area contributed by atoms with E-state index in [9.17, 15) is 19.5 Å². The van der Waals surface area contributed by atoms with Crippen LogP contribution >= 0.6 is 0 Å². The van der Waals surface area contributed by atoms with Crippen molar-refractivity contribution in [3.63, 3.8) is 0 Å². The van der Waals surface area contributed by atoms with Crippen LogP contribution in [0, 0.1) is 5.92 Å². The molecule has 8 nitrogen and oxygen atoms in total. The molecule has 2 atom stereocenters. The summed E-state index contributed by atoms with van der Waals surface area (Å²) < 4.78 is 2.06. The molecule has 0 radical (unpaired) electrons. The van der Waals surface area contributed by atoms with Gasteiger partial charge >= 0.3 is 5.97 Å². The second-order valence-electron chi connectivity index (χ2n) is 10.9. The first-order valence-electron chi connectivity index (χ1n) is 12.5. The summed E-state index contributed by atoms with van der Waals surface area (Å²) in [4.78, 5) is 44.0. The highest BCUT2D eigenvalue weighted by Gasteiger charge is 2.40. The Labute approximate surface area is 206 Å². The minimum absolute atomic E-state index is 0.0152. The summed E-state index contributed by atoms with van der Waals surface area (Å²) in [6.45, 7) is 8.92. The van der Waals surface area contributed by atoms with Gasteiger partial charge in [0.15, 0.2) is 0 Å². The number of imidazole rings is 1. The lowest BCUT2D eigenvalue weighted by molar-refractivity contribution is -0.147. The van der Waals surface area contributed by atoms with Gasteiger partial charge in [0.1, 0.15) is 12.1 Å². The molecule has 2 aromatic rings. The van der Waals surface area contributed by atoms with Gasteiger partial charge in [0.05, 0.1) is 24.3 Å². The summed E-state index contributed by atoms with van der Waals surface area (Å²) in [6.07, 6.45) is 5.77. The van der Waals surface area contributed by atoms with Crippen molar-refractivity contribution in [2.75, 3.05) is 0 Å². The van der Waals surface area contributed by atoms with Crippen LogP contribution in [0.5, 0.6) is 0 Å². The third kappa shape index (κ3) is 5.41. The number of aromatic nitrogens is 2. The number of carbonyl (C=O) groups excluding carboxylic acids is 2. The van der Waals surface area contributed by atoms with E-state index in [1.54, 1.807) is 11.2 Å². The molecule has 1 aromatic carbocycles. The third-order valence-electron chi connectivity index (χ3n) is 7.31. The standard InChI is InChI=1S/C27H36N4O4/c1-17(26(34)35)29-24(32)22-13-21-23(15-31(22)25(33)19-7-5-6-8-19)30(16-28-21)14-18-9-11-20(12-10-18)27(2,3)4/h9-12,16-17,19,22H,5-8,13-15H2,1-4H3,(H,29,32)(H,34,35). The monoisotopic (exact) mass is 480 g/mol. The van der Waals surface area contributed by atoms with E-state index in [1.165, 1.54) is 12.5 Å². The van der Waals surface area contributed by atoms with Gasteiger partial charge in [0, 0.05) is 18.9 Å². The van der Waals surface area contributed by atoms with Crippen LogP contribution in [0.15, 0.2) is 30.6 Å². The Morgan fingerprint density at radius 2 is 1.80 bits per heavy atom. The molecule has 0 bridgehead atoms. The predicted molar refractivity (Wildman–Crippen MR) is 132 cm³/mol. The van der Waals surface area contributed by atoms with Crippen LogP contribution in [-0.4, -0.2) is 49.4 Å². The molecule has 2 heterocycles. The zero-order chi connectivity index (χ0) is 25.3. The molecule has 2 N–H and O–H groups in total. The van der Waals surface area contributed by atoms with Gasteiger partial charge in [0.2, 0.25) is 11.8 Å². The van der Waals surface area contributed by atoms with Crippen LogP contribution in [0.25, 0.3) is 0 Å². The quantitative estimate of drug-likeness (QED) is 0.660. The van der Waals surface area contributed by atoms with Crippen LogP contribution in [0.3, 0.4) is 0 Å². The molecule has 1 saturated carbocycles. The van der Waals surface area contributed by atoms with Gasteiger partial charge in [-0.05, 0) is 36.3 Å². The number of amides is 2. The van der Waals surface area contributed by atoms with Gasteiger partial charge in [-0.25, -0.2) is 4.98 Å². The van der Waals surface area contributed by atoms with Crippen molar-refractivity contribution in [1.82, 2.24) is 19.8 Å². The highest BCUT2D eigenvalue weighted by atomic mass is 16.4. The molecule has 0 saturated heterocycles. The first kappa shape index (κ1) is 24.9. The van der Waals surface area contributed by atoms with E-state index < -0.39 is 24.0 Å². The highest BCUT2D eigenvalue weighted by molar-refractivity contribution is 5.91. The fraction of sp³-hybridized carbons (Fsp3) is 0.556. The Hall–Kier alpha value is -3.16. The average molecular weight is 481 g/mol. The predicted octanol–water partition coefficient (Wildman–Crippen LogP) is 3.26. The Morgan fingerprint density at radius 1 is 1.14 bits per heavy atom. The number of hydrogen-bond acceptors (Lipinski definition) is 4. The number of carboxylic acids is 1. The lowest BCUT2D eigenvalue weighted by Gasteiger charge is -2.36. The van der Waals surface area contributed by atoms with Gasteiger partial charge in [-0.2, -0.15) is 0 Å². The molecule has 1 fully saturated rings. The smallest absolute Gasteiger partial charge is 0.325 e. The topological polar surface area (TPSA) is 105 Å². The van der Waals surface area contributed by atoms with E-state index in [-0.39, 0.29) is 23.7 Å². The van der Waals surface area contributed by atoms with Gasteiger partial charge in [0.25, 0.3) is 0 Å². The number of nitrogens with one attached hydrogen (secondary N) is 1. The number of rotatable bonds is 6. The van der Waals surface area contributed by atoms with Crippen LogP contribution in [0.4, 0.5) is 0 Å². The second-order valence-corrected chi connectivity index (χ2v) is 10.9. The van der Waals surface area contributed by atoms with Crippen LogP contribution in [0.1, 0.15) is 75.9 Å². The first-order chi connectivity index (χ1) is 16.5. The molecule has 8 heteroatoms. The zero-order valence-corrected chi connectivity index (χ0v) is 21.1. The van der Waals surface area contributed by atoms with E-state index in [1.807, 2.05) is 0 Å². The summed E-state index contributed by atoms with van der Waals surface area (Å²) in [5.74, 6) is -1.64. The molecule has 4 rings (SSSR count). The largest absolute Gasteiger partial charge is 0.480 e. The molecular weight excluding hydrogens is 444 g/mol. The van der Waals surface area contributed by atoms with Gasteiger partial charge < -0.3 is 19.9 Å². The maximum absolute atomic E-state index is 13.5. The van der Waals surface area contributed by atoms with Crippen molar-refractivity contribution in [2.24, 2.45) is 5.92 Å². The van der Waals surface area contributed by atoms with Gasteiger partial charge in [-0.15, -0.1) is 0 Å². The van der Waals surface area contributed by atoms with Crippen LogP contribution in [0.2, 0.25) is 0 Å². The molecule has 188 valence electrons. The Balaban J connectivity index is 1.58. The van der Waals surface area contributed by atoms with Crippen molar-refractivity contribution in [3.05, 3.63) is 53.1 Å². The van der Waals surface area contributed by atoms with Crippen LogP contribution in [-0.2, 0) is 39.3 Å². The highest BCUT2D eigenvalue weighted by Crippen LogP contribution is 2.31. The lowest BCUT2D eigenvalue weighted by Crippen LogP contribution is -2.56. The summed E-state index contributed by atoms with van der Waals surface area (Å²) in [5.41, 5.74) is 4.22. The Morgan fingerprint density at radius 3 is 2.40 bits per heavy atom. The van der Waals surface area contributed by atoms with Gasteiger partial charge in [-0.1, -0.05) is 57.9 Å². The van der Waals surface area contributed by atoms with E-state index in [4.69, 9.17) is 0 Å². The third-order valence-corrected chi connectivity index (χ3v) is 7.31. The Kier molecular flexibility index (Phi) is 7.01. The van der Waals surface area contributed by atoms with E-state index >= 15 is 0 Å². The minimum atomic E-state index is -1.11. The number of carboxylic acid groups (broad SMARTS) is 1. The number of carbonyl (C=O) groups is 3. The summed E-state index contributed by atoms with van der Waals surface area (Å²) in [6, 6.07) is 6.77. The zero-order valence-electron chi connectivity index (χ0n) is 21.1. The summed E-state index contributed by atoms with van der Waals surface area (Å²) in [7, 11) is 0. The normalized spacial score (nSPS) is 19.3. The number of nitrogens with zero attached hydrogens (tertiary/aromatic N) is 3. The second kappa shape index (κ2) is 9.84. The number of hydrogen-bond donors (Lipinski definition) is 2. The first-order valence-corrected chi connectivity index (χ1v) is 12.5. The number of aliphatic carboxylic acids is 1. The molecular formula is C27H36N4O4. The molecule has 1 aliphatic carbocycles. The van der Waals surface area contributed by atoms with Crippen molar-refractivity contribution < 1.29 is 19.5 Å². The van der Waals surface area contributed by atoms with Crippen molar-refractivity contribution in [1.29, 1.82) is 0 Å². The van der Waals surface area contributed by atoms with E-state index in [0.717, 1.165) is 42.6 Å². The molecule has 2 unspecified atom stereocenters. The van der Waals surface area contributed by atoms with E-state index in [2.05, 4.69) is 59.9 Å². The molecule has 2 amide bonds. The number of fused-ring (bicyclic) bond motifs is 1. The fourth-order valence-corrected chi connectivity index (χ4v) is 5.05. The molecule has 35 heavy (non-hydrogen) atoms. The molecule has 2 aliphatic rings. The maximum Gasteiger partial charge on any atom is 0.325 e. The van der Waals surface area contributed by atoms with Crippen molar-refractivity contribution >= 4 is 17.8 Å². The Bertz CT molecular complexity index is 1090. The summed E-state index contributed by atoms with van der Waals surface area (Å²) >= 11 is 0. The van der Waals surface area contributed by atoms with Gasteiger partial charge in [-0.3, -0.25) is 14.4 Å². The fourth-order valence-electron chi connectivity index (χ4n) is 5.05. The maximum atomic E-state index is 13.5. The van der Waals surface area contributed by atoms with Crippen LogP contribution < -0.4 is 5.32 Å². The summed E-state index contributed by atoms with van der Waals surface area (Å²) in [5, 5.41) is 11.8. The van der Waals surface area contributed by atoms with E-state index in [0.29, 0.717) is 13.1 Å². The SMILES string of the molecule is CC(NC(=O)C1Cc2ncn(Cc3ccc(C(C)(C)C)cc3)c2CN1C(=O)C1CCCC1)C(=O)O. The molecule has 0 spiro atoms. The molecule has 1 aromatic heterocycles. The molecule has 1 aliphatic heterocycles. The average Bonchev–Trinajstić information content (AvgIpc) is 3.48. The lowest BCUT2D eigenvalue weighted by atomic mass is 9.87. The number of benzene rings is 1. The van der Waals surface area contributed by atoms with Crippen molar-refractivity contribution in [3.8, 4) is 0 Å². The van der Waals surface area contributed by atoms with Crippen molar-refractivity contribution in [2.45, 2.75) is 90.4 Å².